The molecule has 1 unspecified atom stereocenters. The Hall–Kier alpha value is -2.76. The molecule has 0 radical (unpaired) electrons. The van der Waals surface area contributed by atoms with Crippen molar-refractivity contribution in [2.45, 2.75) is 51.7 Å². The number of ether oxygens (including phenoxy) is 2. The van der Waals surface area contributed by atoms with Gasteiger partial charge in [-0.05, 0) is 46.0 Å². The molecule has 0 bridgehead atoms. The van der Waals surface area contributed by atoms with Crippen LogP contribution in [0.25, 0.3) is 0 Å². The number of hydrogen-bond acceptors (Lipinski definition) is 8. The topological polar surface area (TPSA) is 104 Å². The highest BCUT2D eigenvalue weighted by Crippen LogP contribution is 2.21. The van der Waals surface area contributed by atoms with Gasteiger partial charge in [-0.25, -0.2) is 14.8 Å². The van der Waals surface area contributed by atoms with Crippen molar-refractivity contribution < 1.29 is 14.3 Å². The van der Waals surface area contributed by atoms with Gasteiger partial charge in [0.1, 0.15) is 5.60 Å². The number of aromatic nitrogens is 2. The van der Waals surface area contributed by atoms with E-state index in [-0.39, 0.29) is 6.04 Å². The minimum atomic E-state index is -0.506. The second kappa shape index (κ2) is 9.16. The number of carbonyl (C=O) groups excluding carboxylic acids is 1. The number of nitriles is 1. The molecule has 1 aromatic heterocycles. The minimum Gasteiger partial charge on any atom is -0.490 e. The summed E-state index contributed by atoms with van der Waals surface area (Å²) in [6.07, 6.45) is 7.94. The molecule has 29 heavy (non-hydrogen) atoms. The Morgan fingerprint density at radius 2 is 1.93 bits per heavy atom. The van der Waals surface area contributed by atoms with Crippen molar-refractivity contribution >= 4 is 12.0 Å². The molecule has 2 saturated heterocycles. The molecule has 3 heterocycles. The maximum Gasteiger partial charge on any atom is 0.407 e. The molecule has 9 heteroatoms. The molecule has 0 aromatic carbocycles. The second-order valence-electron chi connectivity index (χ2n) is 8.64. The Balaban J connectivity index is 1.42. The summed E-state index contributed by atoms with van der Waals surface area (Å²) in [4.78, 5) is 24.6. The predicted octanol–water partition coefficient (Wildman–Crippen LogP) is 2.15. The Bertz CT molecular complexity index is 719. The fraction of sp³-hybridized carbons (Fsp3) is 0.700. The molecular weight excluding hydrogens is 372 g/mol. The van der Waals surface area contributed by atoms with Crippen LogP contribution in [0.2, 0.25) is 0 Å². The van der Waals surface area contributed by atoms with E-state index in [0.717, 1.165) is 38.9 Å². The van der Waals surface area contributed by atoms with Gasteiger partial charge < -0.3 is 24.6 Å². The normalized spacial score (nSPS) is 20.3. The quantitative estimate of drug-likeness (QED) is 0.747. The smallest absolute Gasteiger partial charge is 0.407 e. The fourth-order valence-electron chi connectivity index (χ4n) is 3.49. The van der Waals surface area contributed by atoms with E-state index in [1.54, 1.807) is 17.3 Å². The molecule has 2 aliphatic rings. The Labute approximate surface area is 172 Å². The van der Waals surface area contributed by atoms with Crippen LogP contribution in [0.4, 0.5) is 10.7 Å². The highest BCUT2D eigenvalue weighted by Gasteiger charge is 2.27. The van der Waals surface area contributed by atoms with Gasteiger partial charge in [-0.2, -0.15) is 5.26 Å². The molecule has 9 nitrogen and oxygen atoms in total. The Morgan fingerprint density at radius 3 is 2.55 bits per heavy atom. The molecule has 0 spiro atoms. The maximum absolute atomic E-state index is 11.9. The molecule has 1 aromatic rings. The molecule has 2 aliphatic heterocycles. The number of anilines is 1. The van der Waals surface area contributed by atoms with Gasteiger partial charge in [-0.3, -0.25) is 0 Å². The predicted molar refractivity (Wildman–Crippen MR) is 107 cm³/mol. The molecule has 158 valence electrons. The largest absolute Gasteiger partial charge is 0.490 e. The van der Waals surface area contributed by atoms with Gasteiger partial charge in [0.15, 0.2) is 11.9 Å². The zero-order valence-electron chi connectivity index (χ0n) is 17.4. The van der Waals surface area contributed by atoms with Crippen molar-refractivity contribution in [1.29, 1.82) is 5.26 Å². The van der Waals surface area contributed by atoms with Gasteiger partial charge in [0.05, 0.1) is 25.0 Å². The zero-order valence-corrected chi connectivity index (χ0v) is 17.4. The summed E-state index contributed by atoms with van der Waals surface area (Å²) in [7, 11) is 0. The lowest BCUT2D eigenvalue weighted by Gasteiger charge is -2.27. The summed E-state index contributed by atoms with van der Waals surface area (Å²) < 4.78 is 11.1. The van der Waals surface area contributed by atoms with Crippen molar-refractivity contribution in [1.82, 2.24) is 20.2 Å². The molecule has 1 N–H and O–H groups in total. The number of amides is 1. The first-order chi connectivity index (χ1) is 13.8. The molecule has 3 rings (SSSR count). The molecule has 0 saturated carbocycles. The summed E-state index contributed by atoms with van der Waals surface area (Å²) >= 11 is 0. The van der Waals surface area contributed by atoms with Crippen molar-refractivity contribution in [2.24, 2.45) is 5.92 Å². The summed E-state index contributed by atoms with van der Waals surface area (Å²) in [5.41, 5.74) is -0.506. The van der Waals surface area contributed by atoms with Crippen LogP contribution in [-0.4, -0.2) is 65.4 Å². The molecule has 1 atom stereocenters. The average molecular weight is 402 g/mol. The third-order valence-electron chi connectivity index (χ3n) is 5.05. The van der Waals surface area contributed by atoms with Crippen LogP contribution in [0.1, 0.15) is 40.0 Å². The fourth-order valence-corrected chi connectivity index (χ4v) is 3.49. The third-order valence-corrected chi connectivity index (χ3v) is 5.05. The number of rotatable bonds is 5. The summed E-state index contributed by atoms with van der Waals surface area (Å²) in [5.74, 6) is 1.74. The van der Waals surface area contributed by atoms with E-state index in [1.807, 2.05) is 25.7 Å². The number of nitrogens with zero attached hydrogens (tertiary/aromatic N) is 5. The number of nitrogens with one attached hydrogen (secondary N) is 1. The van der Waals surface area contributed by atoms with E-state index < -0.39 is 11.7 Å². The van der Waals surface area contributed by atoms with Crippen LogP contribution in [-0.2, 0) is 4.74 Å². The summed E-state index contributed by atoms with van der Waals surface area (Å²) in [6, 6.07) is 0.0173. The van der Waals surface area contributed by atoms with Gasteiger partial charge in [-0.15, -0.1) is 0 Å². The molecule has 2 fully saturated rings. The summed E-state index contributed by atoms with van der Waals surface area (Å²) in [5, 5.41) is 11.8. The first-order valence-corrected chi connectivity index (χ1v) is 10.2. The summed E-state index contributed by atoms with van der Waals surface area (Å²) in [6.45, 7) is 9.18. The van der Waals surface area contributed by atoms with Crippen LogP contribution in [0, 0.1) is 17.4 Å². The van der Waals surface area contributed by atoms with Gasteiger partial charge in [0.2, 0.25) is 5.95 Å². The maximum atomic E-state index is 11.9. The van der Waals surface area contributed by atoms with E-state index in [4.69, 9.17) is 14.7 Å². The van der Waals surface area contributed by atoms with Crippen LogP contribution in [0.3, 0.4) is 0 Å². The van der Waals surface area contributed by atoms with Crippen LogP contribution < -0.4 is 15.0 Å². The number of hydrogen-bond donors (Lipinski definition) is 1. The number of likely N-dealkylation sites (tertiary alicyclic amines) is 1. The first kappa shape index (κ1) is 21.0. The van der Waals surface area contributed by atoms with E-state index in [2.05, 4.69) is 21.5 Å². The minimum absolute atomic E-state index is 0.0173. The van der Waals surface area contributed by atoms with Crippen LogP contribution in [0.15, 0.2) is 12.4 Å². The van der Waals surface area contributed by atoms with Crippen molar-refractivity contribution in [2.75, 3.05) is 37.7 Å². The van der Waals surface area contributed by atoms with Gasteiger partial charge in [-0.1, -0.05) is 0 Å². The Morgan fingerprint density at radius 1 is 1.24 bits per heavy atom. The van der Waals surface area contributed by atoms with E-state index in [1.165, 1.54) is 0 Å². The molecule has 1 amide bonds. The lowest BCUT2D eigenvalue weighted by molar-refractivity contribution is 0.0509. The third kappa shape index (κ3) is 6.38. The molecular formula is C20H30N6O3. The number of carbonyl (C=O) groups is 1. The first-order valence-electron chi connectivity index (χ1n) is 10.2. The van der Waals surface area contributed by atoms with Gasteiger partial charge in [0.25, 0.3) is 0 Å². The number of alkyl carbamates (subject to hydrolysis) is 1. The lowest BCUT2D eigenvalue weighted by Crippen LogP contribution is -2.40. The van der Waals surface area contributed by atoms with Crippen molar-refractivity contribution in [3.63, 3.8) is 0 Å². The number of piperidine rings is 1. The standard InChI is InChI=1S/C20H30N6O3/c1-20(2,3)29-19(27)24-16-6-9-26(12-16)18-22-10-17(11-23-18)28-13-15-4-7-25(14-21)8-5-15/h10-11,15-16H,4-9,12-13H2,1-3H3,(H,24,27). The highest BCUT2D eigenvalue weighted by molar-refractivity contribution is 5.68. The lowest BCUT2D eigenvalue weighted by atomic mass is 9.98. The average Bonchev–Trinajstić information content (AvgIpc) is 3.14. The van der Waals surface area contributed by atoms with Crippen LogP contribution >= 0.6 is 0 Å². The van der Waals surface area contributed by atoms with E-state index in [0.29, 0.717) is 30.8 Å². The van der Waals surface area contributed by atoms with Crippen LogP contribution in [0.5, 0.6) is 5.75 Å². The highest BCUT2D eigenvalue weighted by atomic mass is 16.6. The zero-order chi connectivity index (χ0) is 20.9. The van der Waals surface area contributed by atoms with Gasteiger partial charge in [0, 0.05) is 26.2 Å². The van der Waals surface area contributed by atoms with Gasteiger partial charge >= 0.3 is 6.09 Å². The van der Waals surface area contributed by atoms with Crippen molar-refractivity contribution in [3.8, 4) is 11.9 Å². The second-order valence-corrected chi connectivity index (χ2v) is 8.64. The van der Waals surface area contributed by atoms with E-state index >= 15 is 0 Å². The van der Waals surface area contributed by atoms with E-state index in [9.17, 15) is 4.79 Å². The monoisotopic (exact) mass is 402 g/mol. The SMILES string of the molecule is CC(C)(C)OC(=O)NC1CCN(c2ncc(OCC3CCN(C#N)CC3)cn2)C1. The van der Waals surface area contributed by atoms with Crippen molar-refractivity contribution in [3.05, 3.63) is 12.4 Å². The Kier molecular flexibility index (Phi) is 6.62. The molecule has 0 aliphatic carbocycles.